The molecule has 4 aromatic carbocycles. The lowest BCUT2D eigenvalue weighted by molar-refractivity contribution is 0.361. The molecule has 62 heavy (non-hydrogen) atoms. The molecule has 2 nitrogen and oxygen atoms in total. The van der Waals surface area contributed by atoms with E-state index in [0.717, 1.165) is 37.8 Å². The summed E-state index contributed by atoms with van der Waals surface area (Å²) in [6, 6.07) is 35.1. The summed E-state index contributed by atoms with van der Waals surface area (Å²) < 4.78 is 0. The predicted molar refractivity (Wildman–Crippen MR) is 257 cm³/mol. The Labute approximate surface area is 366 Å². The fourth-order valence-electron chi connectivity index (χ4n) is 13.4. The van der Waals surface area contributed by atoms with Crippen LogP contribution in [0.1, 0.15) is 89.1 Å². The molecule has 0 saturated carbocycles. The summed E-state index contributed by atoms with van der Waals surface area (Å²) in [4.78, 5) is 8.32. The second-order valence-corrected chi connectivity index (χ2v) is 19.2. The molecule has 2 heterocycles. The van der Waals surface area contributed by atoms with E-state index in [2.05, 4.69) is 195 Å². The second kappa shape index (κ2) is 13.9. The zero-order valence-electron chi connectivity index (χ0n) is 35.7. The van der Waals surface area contributed by atoms with Crippen LogP contribution in [-0.2, 0) is 18.3 Å². The van der Waals surface area contributed by atoms with Crippen molar-refractivity contribution < 1.29 is 0 Å². The number of dihydropyridines is 1. The fourth-order valence-corrected chi connectivity index (χ4v) is 13.4. The third-order valence-corrected chi connectivity index (χ3v) is 16.2. The monoisotopic (exact) mass is 800 g/mol. The molecule has 0 amide bonds. The summed E-state index contributed by atoms with van der Waals surface area (Å²) in [5.41, 5.74) is 22.8. The number of aryl methyl sites for hydroxylation is 1. The lowest BCUT2D eigenvalue weighted by atomic mass is 9.68. The first kappa shape index (κ1) is 36.4. The van der Waals surface area contributed by atoms with Gasteiger partial charge in [-0.3, -0.25) is 4.99 Å². The first-order valence-corrected chi connectivity index (χ1v) is 23.3. The van der Waals surface area contributed by atoms with Crippen molar-refractivity contribution in [2.75, 3.05) is 0 Å². The van der Waals surface area contributed by atoms with Crippen molar-refractivity contribution >= 4 is 23.1 Å². The maximum atomic E-state index is 5.52. The highest BCUT2D eigenvalue weighted by Crippen LogP contribution is 2.65. The van der Waals surface area contributed by atoms with Gasteiger partial charge in [0.2, 0.25) is 0 Å². The highest BCUT2D eigenvalue weighted by Gasteiger charge is 2.56. The Morgan fingerprint density at radius 3 is 2.45 bits per heavy atom. The minimum Gasteiger partial charge on any atom is -0.336 e. The molecule has 0 bridgehead atoms. The highest BCUT2D eigenvalue weighted by molar-refractivity contribution is 6.13. The van der Waals surface area contributed by atoms with Gasteiger partial charge in [0, 0.05) is 52.0 Å². The summed E-state index contributed by atoms with van der Waals surface area (Å²) in [5.74, 6) is 1.66. The van der Waals surface area contributed by atoms with Gasteiger partial charge in [-0.25, -0.2) is 0 Å². The zero-order valence-corrected chi connectivity index (χ0v) is 35.7. The molecule has 0 spiro atoms. The number of hydrogen-bond donors (Lipinski definition) is 0. The quantitative estimate of drug-likeness (QED) is 0.196. The van der Waals surface area contributed by atoms with Crippen molar-refractivity contribution in [1.82, 2.24) is 4.90 Å². The van der Waals surface area contributed by atoms with Crippen LogP contribution in [0.3, 0.4) is 0 Å². The van der Waals surface area contributed by atoms with Gasteiger partial charge in [-0.05, 0) is 118 Å². The Morgan fingerprint density at radius 2 is 1.55 bits per heavy atom. The third-order valence-electron chi connectivity index (χ3n) is 16.2. The number of nitrogens with zero attached hydrogens (tertiary/aromatic N) is 2. The Morgan fingerprint density at radius 1 is 0.710 bits per heavy atom. The van der Waals surface area contributed by atoms with Gasteiger partial charge in [0.05, 0.1) is 17.8 Å². The van der Waals surface area contributed by atoms with E-state index in [9.17, 15) is 0 Å². The molecule has 0 radical (unpaired) electrons. The Balaban J connectivity index is 0.923. The van der Waals surface area contributed by atoms with Gasteiger partial charge in [0.1, 0.15) is 0 Å². The van der Waals surface area contributed by atoms with Crippen molar-refractivity contribution in [1.29, 1.82) is 0 Å². The summed E-state index contributed by atoms with van der Waals surface area (Å²) in [7, 11) is 0. The molecule has 302 valence electrons. The molecule has 0 aromatic heterocycles. The molecule has 8 atom stereocenters. The number of aliphatic imine (C=N–C) groups is 1. The molecule has 9 aliphatic rings. The number of hydrogen-bond acceptors (Lipinski definition) is 2. The van der Waals surface area contributed by atoms with E-state index in [1.807, 2.05) is 0 Å². The number of allylic oxidation sites excluding steroid dienone is 12. The van der Waals surface area contributed by atoms with Crippen LogP contribution in [0.5, 0.6) is 0 Å². The van der Waals surface area contributed by atoms with Crippen molar-refractivity contribution in [3.8, 4) is 0 Å². The van der Waals surface area contributed by atoms with Crippen LogP contribution in [0.25, 0.3) is 17.3 Å². The molecule has 4 aromatic rings. The minimum absolute atomic E-state index is 0.174. The summed E-state index contributed by atoms with van der Waals surface area (Å²) in [6.07, 6.45) is 38.9. The van der Waals surface area contributed by atoms with Crippen LogP contribution in [0.2, 0.25) is 0 Å². The van der Waals surface area contributed by atoms with Gasteiger partial charge >= 0.3 is 0 Å². The molecule has 0 saturated heterocycles. The summed E-state index contributed by atoms with van der Waals surface area (Å²) >= 11 is 0. The Hall–Kier alpha value is -6.25. The zero-order chi connectivity index (χ0) is 41.1. The first-order valence-electron chi connectivity index (χ1n) is 23.3. The molecule has 2 heteroatoms. The van der Waals surface area contributed by atoms with Crippen molar-refractivity contribution in [3.63, 3.8) is 0 Å². The summed E-state index contributed by atoms with van der Waals surface area (Å²) in [5, 5.41) is 0. The minimum atomic E-state index is -0.251. The SMILES string of the molecule is CC1C(c2ccc(C3(C)C4=CC5=CC=C(N6C7=C(CCc8ccccc87)C7C=CC=CC76)C5C4c4ccccc43)c3c2C=CCC3)=CC(c2ccccc2)=NC1C1C=CC=CC1. The maximum Gasteiger partial charge on any atom is 0.0653 e. The third kappa shape index (κ3) is 5.13. The highest BCUT2D eigenvalue weighted by atomic mass is 15.2. The van der Waals surface area contributed by atoms with Crippen LogP contribution in [-0.4, -0.2) is 22.7 Å². The maximum absolute atomic E-state index is 5.52. The number of fused-ring (bicyclic) bond motifs is 10. The lowest BCUT2D eigenvalue weighted by Gasteiger charge is -2.37. The van der Waals surface area contributed by atoms with Crippen LogP contribution in [0, 0.1) is 23.7 Å². The van der Waals surface area contributed by atoms with Gasteiger partial charge in [-0.15, -0.1) is 0 Å². The van der Waals surface area contributed by atoms with Crippen molar-refractivity contribution in [2.45, 2.75) is 69.4 Å². The van der Waals surface area contributed by atoms with E-state index in [0.29, 0.717) is 23.8 Å². The molecule has 7 aliphatic carbocycles. The first-order chi connectivity index (χ1) is 30.6. The predicted octanol–water partition coefficient (Wildman–Crippen LogP) is 13.2. The number of rotatable bonds is 5. The Kier molecular flexibility index (Phi) is 8.15. The van der Waals surface area contributed by atoms with E-state index < -0.39 is 0 Å². The van der Waals surface area contributed by atoms with Crippen LogP contribution >= 0.6 is 0 Å². The smallest absolute Gasteiger partial charge is 0.0653 e. The van der Waals surface area contributed by atoms with Gasteiger partial charge in [0.25, 0.3) is 0 Å². The standard InChI is InChI=1S/C60H52N2/c1-37-49(36-53(39-18-5-3-6-19-39)61-58(37)40-20-7-4-8-21-40)44-32-33-51(45-24-12-11-23-43(44)45)60(2)50-27-15-13-26-48(50)57-52(60)35-41-30-34-55(56(41)57)62-54-28-16-14-25-46(54)47-31-29-38-17-9-10-22-42(38)59(47)62/h3-11,13-20,22-23,25-28,30,32-37,40,46,54,56-58H,12,21,24,29,31H2,1-2H3. The second-order valence-electron chi connectivity index (χ2n) is 19.2. The number of benzene rings is 4. The van der Waals surface area contributed by atoms with Crippen molar-refractivity contribution in [3.05, 3.63) is 242 Å². The molecular formula is C60H52N2. The molecule has 2 aliphatic heterocycles. The van der Waals surface area contributed by atoms with E-state index in [4.69, 9.17) is 4.99 Å². The Bertz CT molecular complexity index is 2950. The molecule has 0 N–H and O–H groups in total. The van der Waals surface area contributed by atoms with Gasteiger partial charge < -0.3 is 4.90 Å². The summed E-state index contributed by atoms with van der Waals surface area (Å²) in [6.45, 7) is 4.99. The van der Waals surface area contributed by atoms with Crippen molar-refractivity contribution in [2.24, 2.45) is 28.7 Å². The van der Waals surface area contributed by atoms with Crippen LogP contribution in [0.4, 0.5) is 0 Å². The molecule has 0 fully saturated rings. The topological polar surface area (TPSA) is 15.6 Å². The molecule has 13 rings (SSSR count). The van der Waals surface area contributed by atoms with Crippen LogP contribution in [0.15, 0.2) is 197 Å². The van der Waals surface area contributed by atoms with Gasteiger partial charge in [0.15, 0.2) is 0 Å². The largest absolute Gasteiger partial charge is 0.336 e. The lowest BCUT2D eigenvalue weighted by Crippen LogP contribution is -2.35. The van der Waals surface area contributed by atoms with Gasteiger partial charge in [-0.1, -0.05) is 171 Å². The van der Waals surface area contributed by atoms with Crippen LogP contribution < -0.4 is 0 Å². The molecule has 8 unspecified atom stereocenters. The van der Waals surface area contributed by atoms with E-state index >= 15 is 0 Å². The van der Waals surface area contributed by atoms with E-state index in [1.54, 1.807) is 11.1 Å². The fraction of sp³-hybridized carbons (Fsp3) is 0.250. The molecular weight excluding hydrogens is 749 g/mol. The average molecular weight is 801 g/mol. The van der Waals surface area contributed by atoms with Gasteiger partial charge in [-0.2, -0.15) is 0 Å². The van der Waals surface area contributed by atoms with E-state index in [1.165, 1.54) is 72.6 Å². The normalized spacial score (nSPS) is 30.4. The average Bonchev–Trinajstić information content (AvgIpc) is 4.07. The van der Waals surface area contributed by atoms with E-state index in [-0.39, 0.29) is 23.3 Å².